The van der Waals surface area contributed by atoms with Crippen LogP contribution in [0.4, 0.5) is 5.82 Å². The van der Waals surface area contributed by atoms with Crippen LogP contribution in [0.15, 0.2) is 73.1 Å². The van der Waals surface area contributed by atoms with Gasteiger partial charge < -0.3 is 19.7 Å². The minimum atomic E-state index is -0.155. The van der Waals surface area contributed by atoms with E-state index in [1.54, 1.807) is 18.5 Å². The summed E-state index contributed by atoms with van der Waals surface area (Å²) in [6, 6.07) is 17.2. The summed E-state index contributed by atoms with van der Waals surface area (Å²) < 4.78 is 11.2. The predicted molar refractivity (Wildman–Crippen MR) is 123 cm³/mol. The summed E-state index contributed by atoms with van der Waals surface area (Å²) in [7, 11) is 0. The van der Waals surface area contributed by atoms with E-state index in [0.29, 0.717) is 26.4 Å². The van der Waals surface area contributed by atoms with Crippen molar-refractivity contribution in [1.82, 2.24) is 15.3 Å². The maximum atomic E-state index is 12.3. The highest BCUT2D eigenvalue weighted by atomic mass is 16.5. The molecular formula is C25H26N4O3. The van der Waals surface area contributed by atoms with Crippen LogP contribution in [0.3, 0.4) is 0 Å². The first-order valence-corrected chi connectivity index (χ1v) is 10.6. The van der Waals surface area contributed by atoms with Gasteiger partial charge in [-0.25, -0.2) is 4.98 Å². The molecule has 2 aromatic heterocycles. The Morgan fingerprint density at radius 1 is 1.03 bits per heavy atom. The van der Waals surface area contributed by atoms with Gasteiger partial charge >= 0.3 is 0 Å². The number of amides is 1. The summed E-state index contributed by atoms with van der Waals surface area (Å²) in [6.45, 7) is 3.83. The van der Waals surface area contributed by atoms with Crippen LogP contribution in [0, 0.1) is 0 Å². The van der Waals surface area contributed by atoms with E-state index in [0.717, 1.165) is 41.5 Å². The largest absolute Gasteiger partial charge is 0.487 e. The number of hydrogen-bond acceptors (Lipinski definition) is 6. The van der Waals surface area contributed by atoms with E-state index in [4.69, 9.17) is 9.47 Å². The Labute approximate surface area is 187 Å². The normalized spacial score (nSPS) is 13.8. The molecule has 3 aromatic rings. The number of rotatable bonds is 8. The van der Waals surface area contributed by atoms with Crippen LogP contribution in [-0.2, 0) is 22.7 Å². The molecule has 1 fully saturated rings. The van der Waals surface area contributed by atoms with Crippen LogP contribution in [0.25, 0.3) is 6.08 Å². The zero-order chi connectivity index (χ0) is 22.0. The fourth-order valence-electron chi connectivity index (χ4n) is 3.36. The van der Waals surface area contributed by atoms with E-state index in [1.807, 2.05) is 54.6 Å². The van der Waals surface area contributed by atoms with Gasteiger partial charge in [0.1, 0.15) is 18.2 Å². The quantitative estimate of drug-likeness (QED) is 0.553. The number of morpholine rings is 1. The second-order valence-electron chi connectivity index (χ2n) is 7.32. The molecule has 1 N–H and O–H groups in total. The van der Waals surface area contributed by atoms with Crippen LogP contribution in [0.1, 0.15) is 16.8 Å². The third-order valence-electron chi connectivity index (χ3n) is 5.05. The zero-order valence-corrected chi connectivity index (χ0v) is 17.8. The molecule has 1 aliphatic rings. The van der Waals surface area contributed by atoms with Gasteiger partial charge in [0.15, 0.2) is 0 Å². The average molecular weight is 431 g/mol. The third kappa shape index (κ3) is 6.15. The van der Waals surface area contributed by atoms with Crippen LogP contribution in [0.2, 0.25) is 0 Å². The average Bonchev–Trinajstić information content (AvgIpc) is 2.87. The SMILES string of the molecule is O=C(/C=C/c1ccc(OCc2ccccn2)cc1)NCc1cccnc1N1CCOCC1. The van der Waals surface area contributed by atoms with E-state index < -0.39 is 0 Å². The van der Waals surface area contributed by atoms with Gasteiger partial charge in [-0.1, -0.05) is 24.3 Å². The Hall–Kier alpha value is -3.71. The number of hydrogen-bond donors (Lipinski definition) is 1. The number of aromatic nitrogens is 2. The molecule has 4 rings (SSSR count). The van der Waals surface area contributed by atoms with Crippen molar-refractivity contribution in [3.63, 3.8) is 0 Å². The standard InChI is InChI=1S/C25H26N4O3/c30-24(28-18-21-4-3-13-27-25(21)29-14-16-31-17-15-29)11-8-20-6-9-23(10-7-20)32-19-22-5-1-2-12-26-22/h1-13H,14-19H2,(H,28,30)/b11-8+. The highest BCUT2D eigenvalue weighted by Gasteiger charge is 2.15. The smallest absolute Gasteiger partial charge is 0.244 e. The summed E-state index contributed by atoms with van der Waals surface area (Å²) >= 11 is 0. The van der Waals surface area contributed by atoms with Crippen LogP contribution >= 0.6 is 0 Å². The Kier molecular flexibility index (Phi) is 7.44. The molecule has 0 spiro atoms. The van der Waals surface area contributed by atoms with Crippen LogP contribution in [-0.4, -0.2) is 42.2 Å². The number of nitrogens with zero attached hydrogens (tertiary/aromatic N) is 3. The molecule has 0 unspecified atom stereocenters. The van der Waals surface area contributed by atoms with Crippen LogP contribution < -0.4 is 15.0 Å². The number of carbonyl (C=O) groups is 1. The summed E-state index contributed by atoms with van der Waals surface area (Å²) in [5.41, 5.74) is 2.78. The molecule has 0 saturated carbocycles. The highest BCUT2D eigenvalue weighted by molar-refractivity contribution is 5.91. The molecule has 164 valence electrons. The van der Waals surface area contributed by atoms with Crippen molar-refractivity contribution in [2.75, 3.05) is 31.2 Å². The first-order valence-electron chi connectivity index (χ1n) is 10.6. The molecule has 7 nitrogen and oxygen atoms in total. The van der Waals surface area contributed by atoms with Gasteiger partial charge in [-0.2, -0.15) is 0 Å². The lowest BCUT2D eigenvalue weighted by molar-refractivity contribution is -0.116. The van der Waals surface area contributed by atoms with Crippen molar-refractivity contribution in [2.24, 2.45) is 0 Å². The monoisotopic (exact) mass is 430 g/mol. The second-order valence-corrected chi connectivity index (χ2v) is 7.32. The fourth-order valence-corrected chi connectivity index (χ4v) is 3.36. The Bertz CT molecular complexity index is 1030. The first-order chi connectivity index (χ1) is 15.8. The fraction of sp³-hybridized carbons (Fsp3) is 0.240. The van der Waals surface area contributed by atoms with Crippen molar-refractivity contribution < 1.29 is 14.3 Å². The molecule has 1 aliphatic heterocycles. The van der Waals surface area contributed by atoms with Crippen molar-refractivity contribution in [3.8, 4) is 5.75 Å². The maximum absolute atomic E-state index is 12.3. The molecule has 0 radical (unpaired) electrons. The minimum Gasteiger partial charge on any atom is -0.487 e. The van der Waals surface area contributed by atoms with Gasteiger partial charge in [-0.15, -0.1) is 0 Å². The number of ether oxygens (including phenoxy) is 2. The van der Waals surface area contributed by atoms with Crippen LogP contribution in [0.5, 0.6) is 5.75 Å². The molecule has 0 atom stereocenters. The molecule has 0 bridgehead atoms. The lowest BCUT2D eigenvalue weighted by Crippen LogP contribution is -2.37. The highest BCUT2D eigenvalue weighted by Crippen LogP contribution is 2.18. The van der Waals surface area contributed by atoms with E-state index in [-0.39, 0.29) is 5.91 Å². The summed E-state index contributed by atoms with van der Waals surface area (Å²) in [5, 5.41) is 2.94. The number of anilines is 1. The van der Waals surface area contributed by atoms with Gasteiger partial charge in [-0.3, -0.25) is 9.78 Å². The molecule has 0 aliphatic carbocycles. The summed E-state index contributed by atoms with van der Waals surface area (Å²) in [5.74, 6) is 1.50. The van der Waals surface area contributed by atoms with Gasteiger partial charge in [0.2, 0.25) is 5.91 Å². The molecule has 3 heterocycles. The van der Waals surface area contributed by atoms with E-state index >= 15 is 0 Å². The predicted octanol–water partition coefficient (Wildman–Crippen LogP) is 3.22. The molecule has 1 amide bonds. The first kappa shape index (κ1) is 21.5. The van der Waals surface area contributed by atoms with Gasteiger partial charge in [0, 0.05) is 43.7 Å². The third-order valence-corrected chi connectivity index (χ3v) is 5.05. The van der Waals surface area contributed by atoms with E-state index in [2.05, 4.69) is 20.2 Å². The maximum Gasteiger partial charge on any atom is 0.244 e. The lowest BCUT2D eigenvalue weighted by Gasteiger charge is -2.29. The van der Waals surface area contributed by atoms with E-state index in [9.17, 15) is 4.79 Å². The number of pyridine rings is 2. The van der Waals surface area contributed by atoms with Crippen molar-refractivity contribution in [2.45, 2.75) is 13.2 Å². The molecule has 32 heavy (non-hydrogen) atoms. The second kappa shape index (κ2) is 11.1. The van der Waals surface area contributed by atoms with Crippen molar-refractivity contribution in [1.29, 1.82) is 0 Å². The van der Waals surface area contributed by atoms with Crippen molar-refractivity contribution >= 4 is 17.8 Å². The molecular weight excluding hydrogens is 404 g/mol. The molecule has 1 saturated heterocycles. The number of nitrogens with one attached hydrogen (secondary N) is 1. The zero-order valence-electron chi connectivity index (χ0n) is 17.8. The summed E-state index contributed by atoms with van der Waals surface area (Å²) in [6.07, 6.45) is 6.84. The van der Waals surface area contributed by atoms with Gasteiger partial charge in [0.25, 0.3) is 0 Å². The summed E-state index contributed by atoms with van der Waals surface area (Å²) in [4.78, 5) is 23.3. The number of benzene rings is 1. The molecule has 7 heteroatoms. The Balaban J connectivity index is 1.27. The van der Waals surface area contributed by atoms with Gasteiger partial charge in [-0.05, 0) is 42.0 Å². The molecule has 1 aromatic carbocycles. The number of carbonyl (C=O) groups excluding carboxylic acids is 1. The topological polar surface area (TPSA) is 76.6 Å². The Morgan fingerprint density at radius 3 is 2.62 bits per heavy atom. The Morgan fingerprint density at radius 2 is 1.84 bits per heavy atom. The van der Waals surface area contributed by atoms with Gasteiger partial charge in [0.05, 0.1) is 18.9 Å². The lowest BCUT2D eigenvalue weighted by atomic mass is 10.2. The van der Waals surface area contributed by atoms with E-state index in [1.165, 1.54) is 6.08 Å². The van der Waals surface area contributed by atoms with Crippen molar-refractivity contribution in [3.05, 3.63) is 89.9 Å². The minimum absolute atomic E-state index is 0.155.